The summed E-state index contributed by atoms with van der Waals surface area (Å²) in [5.41, 5.74) is 3.63. The van der Waals surface area contributed by atoms with Gasteiger partial charge in [0.1, 0.15) is 5.75 Å². The summed E-state index contributed by atoms with van der Waals surface area (Å²) in [5, 5.41) is 15.1. The maximum atomic E-state index is 10.1. The van der Waals surface area contributed by atoms with Gasteiger partial charge in [-0.05, 0) is 93.4 Å². The molecule has 0 spiro atoms. The summed E-state index contributed by atoms with van der Waals surface area (Å²) in [6.45, 7) is 9.16. The van der Waals surface area contributed by atoms with E-state index in [1.807, 2.05) is 18.3 Å². The number of phenols is 1. The molecule has 1 aliphatic heterocycles. The molecule has 2 aliphatic rings. The van der Waals surface area contributed by atoms with Crippen molar-refractivity contribution in [1.82, 2.24) is 15.2 Å². The van der Waals surface area contributed by atoms with Gasteiger partial charge in [0.2, 0.25) is 0 Å². The maximum Gasteiger partial charge on any atom is 0.116 e. The number of aromatic hydroxyl groups is 1. The molecular formula is C28H43N3O. The molecule has 2 N–H and O–H groups in total. The average Bonchev–Trinajstić information content (AvgIpc) is 2.80. The number of hydrogen-bond acceptors (Lipinski definition) is 4. The second-order valence-electron chi connectivity index (χ2n) is 10.4. The Hall–Kier alpha value is -1.65. The van der Waals surface area contributed by atoms with Gasteiger partial charge < -0.3 is 15.3 Å². The largest absolute Gasteiger partial charge is 0.508 e. The van der Waals surface area contributed by atoms with E-state index in [-0.39, 0.29) is 0 Å². The van der Waals surface area contributed by atoms with E-state index in [0.29, 0.717) is 17.7 Å². The number of benzene rings is 1. The molecule has 2 aromatic rings. The van der Waals surface area contributed by atoms with Crippen LogP contribution in [0.3, 0.4) is 0 Å². The van der Waals surface area contributed by atoms with Crippen LogP contribution in [0.4, 0.5) is 0 Å². The molecule has 1 aromatic heterocycles. The first kappa shape index (κ1) is 23.5. The summed E-state index contributed by atoms with van der Waals surface area (Å²) in [6, 6.07) is 6.30. The van der Waals surface area contributed by atoms with E-state index in [9.17, 15) is 5.11 Å². The highest BCUT2D eigenvalue weighted by atomic mass is 16.3. The standard InChI is InChI=1S/C28H43N3O/c1-3-7-23(28-21(2)19-30-27-11-10-25(32)18-26(27)28)20-31-16-13-24(14-17-31)29-15-12-22-8-5-4-6-9-22/h10-11,18-19,22-24,29,32H,3-9,12-17,20H2,1-2H3. The summed E-state index contributed by atoms with van der Waals surface area (Å²) in [7, 11) is 0. The molecule has 1 saturated heterocycles. The van der Waals surface area contributed by atoms with E-state index in [4.69, 9.17) is 0 Å². The van der Waals surface area contributed by atoms with Crippen molar-refractivity contribution >= 4 is 10.9 Å². The number of fused-ring (bicyclic) bond motifs is 1. The highest BCUT2D eigenvalue weighted by Crippen LogP contribution is 2.34. The molecule has 1 aliphatic carbocycles. The Kier molecular flexibility index (Phi) is 8.43. The molecule has 0 amide bonds. The van der Waals surface area contributed by atoms with Gasteiger partial charge in [0, 0.05) is 24.2 Å². The van der Waals surface area contributed by atoms with Crippen LogP contribution in [-0.2, 0) is 0 Å². The summed E-state index contributed by atoms with van der Waals surface area (Å²) in [5.74, 6) is 1.80. The number of hydrogen-bond donors (Lipinski definition) is 2. The molecule has 4 rings (SSSR count). The van der Waals surface area contributed by atoms with E-state index in [1.165, 1.54) is 95.0 Å². The number of aryl methyl sites for hydroxylation is 1. The van der Waals surface area contributed by atoms with E-state index in [1.54, 1.807) is 6.07 Å². The number of pyridine rings is 1. The van der Waals surface area contributed by atoms with Gasteiger partial charge in [-0.3, -0.25) is 4.98 Å². The van der Waals surface area contributed by atoms with Crippen molar-refractivity contribution in [2.75, 3.05) is 26.2 Å². The van der Waals surface area contributed by atoms with Gasteiger partial charge in [0.25, 0.3) is 0 Å². The van der Waals surface area contributed by atoms with E-state index >= 15 is 0 Å². The fourth-order valence-corrected chi connectivity index (χ4v) is 6.12. The van der Waals surface area contributed by atoms with Crippen molar-refractivity contribution in [3.63, 3.8) is 0 Å². The lowest BCUT2D eigenvalue weighted by molar-refractivity contribution is 0.183. The number of nitrogens with one attached hydrogen (secondary N) is 1. The molecular weight excluding hydrogens is 394 g/mol. The number of phenolic OH excluding ortho intramolecular Hbond substituents is 1. The lowest BCUT2D eigenvalue weighted by Crippen LogP contribution is -2.44. The molecule has 2 heterocycles. The number of likely N-dealkylation sites (tertiary alicyclic amines) is 1. The van der Waals surface area contributed by atoms with Gasteiger partial charge in [-0.1, -0.05) is 45.4 Å². The van der Waals surface area contributed by atoms with Crippen molar-refractivity contribution in [2.24, 2.45) is 5.92 Å². The van der Waals surface area contributed by atoms with Crippen molar-refractivity contribution in [1.29, 1.82) is 0 Å². The minimum absolute atomic E-state index is 0.335. The lowest BCUT2D eigenvalue weighted by atomic mass is 9.87. The zero-order valence-electron chi connectivity index (χ0n) is 20.3. The Bertz CT molecular complexity index is 848. The van der Waals surface area contributed by atoms with Crippen LogP contribution < -0.4 is 5.32 Å². The molecule has 1 unspecified atom stereocenters. The highest BCUT2D eigenvalue weighted by Gasteiger charge is 2.24. The SMILES string of the molecule is CCCC(CN1CCC(NCCC2CCCCC2)CC1)c1c(C)cnc2ccc(O)cc12. The Morgan fingerprint density at radius 3 is 2.66 bits per heavy atom. The predicted molar refractivity (Wildman–Crippen MR) is 134 cm³/mol. The third kappa shape index (κ3) is 6.02. The smallest absolute Gasteiger partial charge is 0.116 e. The monoisotopic (exact) mass is 437 g/mol. The summed E-state index contributed by atoms with van der Waals surface area (Å²) < 4.78 is 0. The van der Waals surface area contributed by atoms with Crippen molar-refractivity contribution < 1.29 is 5.11 Å². The average molecular weight is 438 g/mol. The number of piperidine rings is 1. The van der Waals surface area contributed by atoms with Gasteiger partial charge >= 0.3 is 0 Å². The molecule has 0 bridgehead atoms. The summed E-state index contributed by atoms with van der Waals surface area (Å²) in [6.07, 6.45) is 15.5. The summed E-state index contributed by atoms with van der Waals surface area (Å²) in [4.78, 5) is 7.29. The Morgan fingerprint density at radius 1 is 1.12 bits per heavy atom. The molecule has 1 saturated carbocycles. The van der Waals surface area contributed by atoms with Gasteiger partial charge in [-0.25, -0.2) is 0 Å². The fourth-order valence-electron chi connectivity index (χ4n) is 6.12. The highest BCUT2D eigenvalue weighted by molar-refractivity contribution is 5.85. The fraction of sp³-hybridized carbons (Fsp3) is 0.679. The van der Waals surface area contributed by atoms with Crippen LogP contribution in [-0.4, -0.2) is 47.2 Å². The van der Waals surface area contributed by atoms with Crippen LogP contribution in [0.25, 0.3) is 10.9 Å². The van der Waals surface area contributed by atoms with Crippen LogP contribution in [0.5, 0.6) is 5.75 Å². The quantitative estimate of drug-likeness (QED) is 0.493. The number of nitrogens with zero attached hydrogens (tertiary/aromatic N) is 2. The first-order valence-corrected chi connectivity index (χ1v) is 13.2. The molecule has 4 nitrogen and oxygen atoms in total. The van der Waals surface area contributed by atoms with Crippen LogP contribution in [0.15, 0.2) is 24.4 Å². The number of rotatable bonds is 9. The molecule has 1 aromatic carbocycles. The normalized spacial score (nSPS) is 20.1. The zero-order chi connectivity index (χ0) is 22.3. The first-order chi connectivity index (χ1) is 15.6. The van der Waals surface area contributed by atoms with Crippen molar-refractivity contribution in [2.45, 2.75) is 90.0 Å². The molecule has 0 radical (unpaired) electrons. The van der Waals surface area contributed by atoms with Gasteiger partial charge in [-0.15, -0.1) is 0 Å². The van der Waals surface area contributed by atoms with Crippen LogP contribution in [0.1, 0.15) is 88.2 Å². The van der Waals surface area contributed by atoms with Crippen molar-refractivity contribution in [3.05, 3.63) is 35.5 Å². The van der Waals surface area contributed by atoms with E-state index in [2.05, 4.69) is 29.0 Å². The van der Waals surface area contributed by atoms with Crippen LogP contribution in [0, 0.1) is 12.8 Å². The minimum Gasteiger partial charge on any atom is -0.508 e. The zero-order valence-corrected chi connectivity index (χ0v) is 20.3. The van der Waals surface area contributed by atoms with E-state index in [0.717, 1.165) is 23.4 Å². The number of aromatic nitrogens is 1. The lowest BCUT2D eigenvalue weighted by Gasteiger charge is -2.35. The maximum absolute atomic E-state index is 10.1. The molecule has 176 valence electrons. The van der Waals surface area contributed by atoms with E-state index < -0.39 is 0 Å². The van der Waals surface area contributed by atoms with Gasteiger partial charge in [-0.2, -0.15) is 0 Å². The third-order valence-electron chi connectivity index (χ3n) is 7.91. The van der Waals surface area contributed by atoms with Crippen molar-refractivity contribution in [3.8, 4) is 5.75 Å². The predicted octanol–water partition coefficient (Wildman–Crippen LogP) is 6.16. The Labute approximate surface area is 194 Å². The second kappa shape index (κ2) is 11.5. The second-order valence-corrected chi connectivity index (χ2v) is 10.4. The molecule has 2 fully saturated rings. The molecule has 4 heteroatoms. The van der Waals surface area contributed by atoms with Crippen LogP contribution >= 0.6 is 0 Å². The molecule has 1 atom stereocenters. The van der Waals surface area contributed by atoms with Gasteiger partial charge in [0.05, 0.1) is 5.52 Å². The third-order valence-corrected chi connectivity index (χ3v) is 7.91. The first-order valence-electron chi connectivity index (χ1n) is 13.2. The topological polar surface area (TPSA) is 48.4 Å². The minimum atomic E-state index is 0.335. The van der Waals surface area contributed by atoms with Gasteiger partial charge in [0.15, 0.2) is 0 Å². The van der Waals surface area contributed by atoms with Crippen LogP contribution in [0.2, 0.25) is 0 Å². The Balaban J connectivity index is 1.33. The summed E-state index contributed by atoms with van der Waals surface area (Å²) >= 11 is 0. The molecule has 32 heavy (non-hydrogen) atoms. The Morgan fingerprint density at radius 2 is 1.91 bits per heavy atom.